The second kappa shape index (κ2) is 7.55. The first kappa shape index (κ1) is 20.1. The van der Waals surface area contributed by atoms with E-state index >= 15 is 0 Å². The van der Waals surface area contributed by atoms with Crippen LogP contribution in [0.25, 0.3) is 11.1 Å². The van der Waals surface area contributed by atoms with Crippen LogP contribution in [0.4, 0.5) is 14.5 Å². The van der Waals surface area contributed by atoms with Crippen LogP contribution in [0.5, 0.6) is 11.5 Å². The Morgan fingerprint density at radius 2 is 2.17 bits per heavy atom. The predicted molar refractivity (Wildman–Crippen MR) is 104 cm³/mol. The molecule has 0 bridgehead atoms. The molecule has 2 aromatic carbocycles. The molecule has 11 heteroatoms. The Morgan fingerprint density at radius 1 is 1.37 bits per heavy atom. The number of nitrogens with one attached hydrogen (secondary N) is 1. The average Bonchev–Trinajstić information content (AvgIpc) is 3.29. The van der Waals surface area contributed by atoms with Crippen molar-refractivity contribution in [2.24, 2.45) is 0 Å². The summed E-state index contributed by atoms with van der Waals surface area (Å²) in [4.78, 5) is 4.15. The van der Waals surface area contributed by atoms with Gasteiger partial charge in [0, 0.05) is 26.1 Å². The lowest BCUT2D eigenvalue weighted by atomic mass is 10.1. The summed E-state index contributed by atoms with van der Waals surface area (Å²) >= 11 is 0. The standard InChI is InChI=1S/C19H16F2N4O4S/c1-11-23-17-4-2-13(8-18(17)28-11)29-19-14(9-22)16(5-3-15(19)21)24-30(26,27)25-7-6-12(20)10-25/h2-5,8,12,24H,6-7,10H2,1H3. The highest BCUT2D eigenvalue weighted by molar-refractivity contribution is 7.90. The number of fused-ring (bicyclic) bond motifs is 1. The van der Waals surface area contributed by atoms with Crippen LogP contribution in [0.15, 0.2) is 34.7 Å². The van der Waals surface area contributed by atoms with Gasteiger partial charge in [0.1, 0.15) is 29.1 Å². The van der Waals surface area contributed by atoms with Crippen LogP contribution < -0.4 is 9.46 Å². The summed E-state index contributed by atoms with van der Waals surface area (Å²) in [7, 11) is -4.12. The van der Waals surface area contributed by atoms with Gasteiger partial charge in [-0.05, 0) is 30.7 Å². The van der Waals surface area contributed by atoms with E-state index in [-0.39, 0.29) is 36.5 Å². The molecule has 2 heterocycles. The maximum Gasteiger partial charge on any atom is 0.301 e. The molecule has 1 fully saturated rings. The number of rotatable bonds is 5. The Labute approximate surface area is 170 Å². The van der Waals surface area contributed by atoms with Crippen molar-refractivity contribution in [3.05, 3.63) is 47.6 Å². The molecule has 1 aliphatic heterocycles. The molecule has 1 saturated heterocycles. The minimum absolute atomic E-state index is 0.0134. The lowest BCUT2D eigenvalue weighted by Crippen LogP contribution is -2.34. The minimum atomic E-state index is -4.12. The van der Waals surface area contributed by atoms with E-state index in [0.29, 0.717) is 17.0 Å². The second-order valence-electron chi connectivity index (χ2n) is 6.73. The van der Waals surface area contributed by atoms with Gasteiger partial charge in [0.2, 0.25) is 0 Å². The highest BCUT2D eigenvalue weighted by Crippen LogP contribution is 2.35. The van der Waals surface area contributed by atoms with Crippen LogP contribution >= 0.6 is 0 Å². The number of hydrogen-bond donors (Lipinski definition) is 1. The molecule has 0 amide bonds. The van der Waals surface area contributed by atoms with Crippen LogP contribution in [0.1, 0.15) is 17.9 Å². The fraction of sp³-hybridized carbons (Fsp3) is 0.263. The number of nitriles is 1. The van der Waals surface area contributed by atoms with Gasteiger partial charge in [-0.2, -0.15) is 18.0 Å². The summed E-state index contributed by atoms with van der Waals surface area (Å²) in [5.74, 6) is -0.680. The molecule has 1 N–H and O–H groups in total. The number of nitrogens with zero attached hydrogens (tertiary/aromatic N) is 3. The zero-order valence-corrected chi connectivity index (χ0v) is 16.5. The third kappa shape index (κ3) is 3.79. The van der Waals surface area contributed by atoms with Gasteiger partial charge in [0.05, 0.1) is 5.69 Å². The molecule has 1 unspecified atom stereocenters. The maximum atomic E-state index is 14.5. The normalized spacial score (nSPS) is 17.2. The fourth-order valence-electron chi connectivity index (χ4n) is 3.16. The number of benzene rings is 2. The summed E-state index contributed by atoms with van der Waals surface area (Å²) in [6, 6.07) is 8.48. The molecule has 0 radical (unpaired) electrons. The van der Waals surface area contributed by atoms with Gasteiger partial charge in [-0.1, -0.05) is 0 Å². The van der Waals surface area contributed by atoms with Crippen molar-refractivity contribution in [2.45, 2.75) is 19.5 Å². The molecule has 1 atom stereocenters. The van der Waals surface area contributed by atoms with Crippen molar-refractivity contribution in [1.82, 2.24) is 9.29 Å². The molecule has 0 spiro atoms. The monoisotopic (exact) mass is 434 g/mol. The number of aryl methyl sites for hydroxylation is 1. The zero-order valence-electron chi connectivity index (χ0n) is 15.7. The Balaban J connectivity index is 1.67. The molecular formula is C19H16F2N4O4S. The van der Waals surface area contributed by atoms with Crippen molar-refractivity contribution in [3.63, 3.8) is 0 Å². The third-order valence-corrected chi connectivity index (χ3v) is 6.07. The quantitative estimate of drug-likeness (QED) is 0.657. The SMILES string of the molecule is Cc1nc2ccc(Oc3c(F)ccc(NS(=O)(=O)N4CCC(F)C4)c3C#N)cc2o1. The molecule has 0 saturated carbocycles. The number of aromatic nitrogens is 1. The summed E-state index contributed by atoms with van der Waals surface area (Å²) in [5, 5.41) is 9.55. The molecule has 1 aromatic heterocycles. The van der Waals surface area contributed by atoms with E-state index in [0.717, 1.165) is 16.4 Å². The van der Waals surface area contributed by atoms with E-state index in [4.69, 9.17) is 9.15 Å². The molecule has 1 aliphatic rings. The lowest BCUT2D eigenvalue weighted by molar-refractivity contribution is 0.343. The summed E-state index contributed by atoms with van der Waals surface area (Å²) in [6.07, 6.45) is -1.16. The molecular weight excluding hydrogens is 418 g/mol. The smallest absolute Gasteiger partial charge is 0.301 e. The summed E-state index contributed by atoms with van der Waals surface area (Å²) < 4.78 is 67.0. The topological polar surface area (TPSA) is 108 Å². The average molecular weight is 434 g/mol. The van der Waals surface area contributed by atoms with E-state index in [1.807, 2.05) is 0 Å². The van der Waals surface area contributed by atoms with Crippen molar-refractivity contribution in [2.75, 3.05) is 17.8 Å². The Bertz CT molecular complexity index is 1270. The highest BCUT2D eigenvalue weighted by atomic mass is 32.2. The largest absolute Gasteiger partial charge is 0.453 e. The molecule has 8 nitrogen and oxygen atoms in total. The number of alkyl halides is 1. The van der Waals surface area contributed by atoms with E-state index in [2.05, 4.69) is 9.71 Å². The van der Waals surface area contributed by atoms with Gasteiger partial charge in [0.15, 0.2) is 23.0 Å². The number of halogens is 2. The molecule has 156 valence electrons. The first-order chi connectivity index (χ1) is 14.3. The van der Waals surface area contributed by atoms with Crippen molar-refractivity contribution in [3.8, 4) is 17.6 Å². The van der Waals surface area contributed by atoms with E-state index in [1.54, 1.807) is 19.1 Å². The van der Waals surface area contributed by atoms with Crippen LogP contribution in [-0.4, -0.2) is 37.0 Å². The van der Waals surface area contributed by atoms with Crippen molar-refractivity contribution < 1.29 is 26.4 Å². The van der Waals surface area contributed by atoms with Crippen LogP contribution in [0.2, 0.25) is 0 Å². The third-order valence-electron chi connectivity index (χ3n) is 4.58. The Kier molecular flexibility index (Phi) is 5.05. The van der Waals surface area contributed by atoms with Crippen LogP contribution in [0.3, 0.4) is 0 Å². The van der Waals surface area contributed by atoms with E-state index < -0.39 is 27.9 Å². The van der Waals surface area contributed by atoms with Crippen molar-refractivity contribution >= 4 is 27.0 Å². The number of anilines is 1. The molecule has 0 aliphatic carbocycles. The van der Waals surface area contributed by atoms with Crippen molar-refractivity contribution in [1.29, 1.82) is 5.26 Å². The van der Waals surface area contributed by atoms with Gasteiger partial charge >= 0.3 is 10.2 Å². The predicted octanol–water partition coefficient (Wildman–Crippen LogP) is 3.64. The first-order valence-electron chi connectivity index (χ1n) is 8.96. The van der Waals surface area contributed by atoms with E-state index in [1.165, 1.54) is 12.1 Å². The van der Waals surface area contributed by atoms with Gasteiger partial charge in [-0.25, -0.2) is 13.8 Å². The summed E-state index contributed by atoms with van der Waals surface area (Å²) in [5.41, 5.74) is 0.478. The molecule has 3 aromatic rings. The van der Waals surface area contributed by atoms with Crippen LogP contribution in [0, 0.1) is 24.1 Å². The number of ether oxygens (including phenoxy) is 1. The zero-order chi connectivity index (χ0) is 21.5. The first-order valence-corrected chi connectivity index (χ1v) is 10.4. The van der Waals surface area contributed by atoms with Gasteiger partial charge in [0.25, 0.3) is 0 Å². The molecule has 30 heavy (non-hydrogen) atoms. The Hall–Kier alpha value is -3.23. The van der Waals surface area contributed by atoms with Gasteiger partial charge in [-0.3, -0.25) is 4.72 Å². The lowest BCUT2D eigenvalue weighted by Gasteiger charge is -2.18. The van der Waals surface area contributed by atoms with Crippen LogP contribution in [-0.2, 0) is 10.2 Å². The Morgan fingerprint density at radius 3 is 2.87 bits per heavy atom. The van der Waals surface area contributed by atoms with Gasteiger partial charge < -0.3 is 9.15 Å². The summed E-state index contributed by atoms with van der Waals surface area (Å²) in [6.45, 7) is 1.41. The highest BCUT2D eigenvalue weighted by Gasteiger charge is 2.32. The minimum Gasteiger partial charge on any atom is -0.453 e. The number of oxazole rings is 1. The molecule has 4 rings (SSSR count). The number of hydrogen-bond acceptors (Lipinski definition) is 6. The second-order valence-corrected chi connectivity index (χ2v) is 8.40. The van der Waals surface area contributed by atoms with E-state index in [9.17, 15) is 22.5 Å². The van der Waals surface area contributed by atoms with Gasteiger partial charge in [-0.15, -0.1) is 0 Å². The fourth-order valence-corrected chi connectivity index (χ4v) is 4.44. The maximum absolute atomic E-state index is 14.5.